The largest absolute Gasteiger partial charge is 0.350 e. The summed E-state index contributed by atoms with van der Waals surface area (Å²) in [6.07, 6.45) is -3.02. The van der Waals surface area contributed by atoms with Crippen LogP contribution in [-0.2, 0) is 4.79 Å². The second-order valence-electron chi connectivity index (χ2n) is 8.40. The number of rotatable bonds is 3. The summed E-state index contributed by atoms with van der Waals surface area (Å²) >= 11 is 0. The van der Waals surface area contributed by atoms with Gasteiger partial charge in [0.15, 0.2) is 0 Å². The number of fused-ring (bicyclic) bond motifs is 1. The van der Waals surface area contributed by atoms with Crippen molar-refractivity contribution < 1.29 is 13.6 Å². The van der Waals surface area contributed by atoms with Gasteiger partial charge in [-0.15, -0.1) is 0 Å². The molecule has 7 unspecified atom stereocenters. The summed E-state index contributed by atoms with van der Waals surface area (Å²) in [6.45, 7) is 4.55. The second-order valence-corrected chi connectivity index (χ2v) is 8.40. The van der Waals surface area contributed by atoms with E-state index in [-0.39, 0.29) is 37.2 Å². The Bertz CT molecular complexity index is 563. The molecule has 160 valence electrons. The fourth-order valence-electron chi connectivity index (χ4n) is 4.87. The van der Waals surface area contributed by atoms with E-state index in [1.165, 1.54) is 0 Å². The molecule has 0 aliphatic carbocycles. The van der Waals surface area contributed by atoms with Crippen LogP contribution < -0.4 is 27.1 Å². The first-order chi connectivity index (χ1) is 13.4. The number of piperazine rings is 1. The number of amides is 1. The van der Waals surface area contributed by atoms with Gasteiger partial charge in [-0.2, -0.15) is 0 Å². The first-order valence-electron chi connectivity index (χ1n) is 10.2. The van der Waals surface area contributed by atoms with E-state index in [9.17, 15) is 13.6 Å². The lowest BCUT2D eigenvalue weighted by Crippen LogP contribution is -2.68. The molecule has 7 atom stereocenters. The molecular formula is C17H32F2N8O. The zero-order valence-electron chi connectivity index (χ0n) is 16.3. The Labute approximate surface area is 164 Å². The number of likely N-dealkylation sites (N-methyl/N-ethyl adjacent to an activating group) is 1. The fourth-order valence-corrected chi connectivity index (χ4v) is 4.87. The highest BCUT2D eigenvalue weighted by Crippen LogP contribution is 2.23. The van der Waals surface area contributed by atoms with E-state index < -0.39 is 24.4 Å². The first kappa shape index (κ1) is 20.3. The highest BCUT2D eigenvalue weighted by molar-refractivity contribution is 5.81. The maximum Gasteiger partial charge on any atom is 0.229 e. The molecule has 0 radical (unpaired) electrons. The molecular weight excluding hydrogens is 370 g/mol. The van der Waals surface area contributed by atoms with E-state index in [0.717, 1.165) is 26.2 Å². The number of nitrogens with two attached hydrogens (primary N) is 1. The van der Waals surface area contributed by atoms with E-state index in [1.807, 2.05) is 0 Å². The molecule has 4 saturated heterocycles. The number of nitrogens with zero attached hydrogens (tertiary/aromatic N) is 3. The second kappa shape index (κ2) is 8.42. The van der Waals surface area contributed by atoms with Crippen LogP contribution >= 0.6 is 0 Å². The molecule has 9 nitrogen and oxygen atoms in total. The van der Waals surface area contributed by atoms with Gasteiger partial charge in [-0.25, -0.2) is 19.2 Å². The predicted molar refractivity (Wildman–Crippen MR) is 101 cm³/mol. The zero-order valence-corrected chi connectivity index (χ0v) is 16.3. The van der Waals surface area contributed by atoms with Crippen LogP contribution in [0, 0.1) is 5.92 Å². The topological polar surface area (TPSA) is 101 Å². The van der Waals surface area contributed by atoms with Gasteiger partial charge in [-0.05, 0) is 7.05 Å². The standard InChI is InChI=1S/C17H32F2N8O/c1-25-2-4-26(5-3-25)14-11(19)7-21-8-12(14)23-17(28)13-15(20)24-27-9-10(18)6-22-16(13)27/h10-16,21-22,24H,2-9,20H2,1H3,(H,23,28). The monoisotopic (exact) mass is 402 g/mol. The van der Waals surface area contributed by atoms with Gasteiger partial charge in [0.1, 0.15) is 12.3 Å². The number of piperidine rings is 1. The minimum absolute atomic E-state index is 0.191. The molecule has 1 amide bonds. The maximum atomic E-state index is 14.8. The number of alkyl halides is 2. The third-order valence-corrected chi connectivity index (χ3v) is 6.40. The minimum Gasteiger partial charge on any atom is -0.350 e. The number of carbonyl (C=O) groups is 1. The van der Waals surface area contributed by atoms with Crippen LogP contribution in [0.3, 0.4) is 0 Å². The Morgan fingerprint density at radius 1 is 1.14 bits per heavy atom. The molecule has 4 heterocycles. The van der Waals surface area contributed by atoms with Crippen LogP contribution in [0.15, 0.2) is 0 Å². The van der Waals surface area contributed by atoms with Crippen molar-refractivity contribution in [3.05, 3.63) is 0 Å². The summed E-state index contributed by atoms with van der Waals surface area (Å²) in [4.78, 5) is 17.5. The number of nitrogens with one attached hydrogen (secondary N) is 4. The van der Waals surface area contributed by atoms with Crippen molar-refractivity contribution in [1.82, 2.24) is 36.2 Å². The van der Waals surface area contributed by atoms with Crippen molar-refractivity contribution in [1.29, 1.82) is 0 Å². The summed E-state index contributed by atoms with van der Waals surface area (Å²) in [7, 11) is 2.06. The van der Waals surface area contributed by atoms with Crippen LogP contribution in [0.5, 0.6) is 0 Å². The van der Waals surface area contributed by atoms with Crippen molar-refractivity contribution in [3.8, 4) is 0 Å². The Balaban J connectivity index is 1.43. The summed E-state index contributed by atoms with van der Waals surface area (Å²) in [5.41, 5.74) is 9.11. The van der Waals surface area contributed by atoms with Crippen LogP contribution in [0.25, 0.3) is 0 Å². The van der Waals surface area contributed by atoms with Crippen molar-refractivity contribution in [3.63, 3.8) is 0 Å². The van der Waals surface area contributed by atoms with Crippen molar-refractivity contribution in [2.75, 3.05) is 59.4 Å². The number of carbonyl (C=O) groups excluding carboxylic acids is 1. The van der Waals surface area contributed by atoms with Gasteiger partial charge in [0.05, 0.1) is 30.3 Å². The van der Waals surface area contributed by atoms with E-state index in [0.29, 0.717) is 13.1 Å². The highest BCUT2D eigenvalue weighted by Gasteiger charge is 2.48. The number of halogens is 2. The maximum absolute atomic E-state index is 14.8. The third-order valence-electron chi connectivity index (χ3n) is 6.40. The normalized spacial score (nSPS) is 43.6. The van der Waals surface area contributed by atoms with Crippen LogP contribution in [-0.4, -0.2) is 117 Å². The molecule has 0 spiro atoms. The molecule has 4 aliphatic heterocycles. The lowest BCUT2D eigenvalue weighted by molar-refractivity contribution is -0.128. The number of hydrazine groups is 1. The van der Waals surface area contributed by atoms with E-state index >= 15 is 0 Å². The lowest BCUT2D eigenvalue weighted by atomic mass is 9.94. The summed E-state index contributed by atoms with van der Waals surface area (Å²) < 4.78 is 28.5. The van der Waals surface area contributed by atoms with Crippen molar-refractivity contribution >= 4 is 5.91 Å². The molecule has 0 aromatic rings. The molecule has 4 aliphatic rings. The summed E-state index contributed by atoms with van der Waals surface area (Å²) in [5, 5.41) is 10.9. The first-order valence-corrected chi connectivity index (χ1v) is 10.2. The van der Waals surface area contributed by atoms with Crippen LogP contribution in [0.2, 0.25) is 0 Å². The smallest absolute Gasteiger partial charge is 0.229 e. The van der Waals surface area contributed by atoms with Crippen molar-refractivity contribution in [2.24, 2.45) is 11.7 Å². The molecule has 11 heteroatoms. The number of hydrogen-bond donors (Lipinski definition) is 5. The zero-order chi connectivity index (χ0) is 19.8. The van der Waals surface area contributed by atoms with Gasteiger partial charge < -0.3 is 21.3 Å². The SMILES string of the molecule is CN1CCN(C2C(F)CNCC2NC(=O)C2C(N)NN3CC(F)CNC23)CC1. The molecule has 28 heavy (non-hydrogen) atoms. The minimum atomic E-state index is -1.05. The van der Waals surface area contributed by atoms with Crippen molar-refractivity contribution in [2.45, 2.75) is 36.8 Å². The van der Waals surface area contributed by atoms with Gasteiger partial charge >= 0.3 is 0 Å². The molecule has 0 bridgehead atoms. The van der Waals surface area contributed by atoms with E-state index in [4.69, 9.17) is 5.73 Å². The van der Waals surface area contributed by atoms with Crippen LogP contribution in [0.1, 0.15) is 0 Å². The van der Waals surface area contributed by atoms with Gasteiger partial charge in [0.25, 0.3) is 0 Å². The predicted octanol–water partition coefficient (Wildman–Crippen LogP) is -2.98. The van der Waals surface area contributed by atoms with Gasteiger partial charge in [0, 0.05) is 52.4 Å². The Morgan fingerprint density at radius 3 is 2.64 bits per heavy atom. The molecule has 0 aromatic carbocycles. The molecule has 4 fully saturated rings. The average molecular weight is 402 g/mol. The van der Waals surface area contributed by atoms with E-state index in [1.54, 1.807) is 5.01 Å². The molecule has 0 aromatic heterocycles. The molecule has 6 N–H and O–H groups in total. The molecule has 4 rings (SSSR count). The third kappa shape index (κ3) is 4.02. The lowest BCUT2D eigenvalue weighted by Gasteiger charge is -2.45. The number of hydrogen-bond acceptors (Lipinski definition) is 8. The fraction of sp³-hybridized carbons (Fsp3) is 0.941. The Hall–Kier alpha value is -0.950. The van der Waals surface area contributed by atoms with Gasteiger partial charge in [0.2, 0.25) is 5.91 Å². The summed E-state index contributed by atoms with van der Waals surface area (Å²) in [6, 6.07) is -0.687. The Kier molecular flexibility index (Phi) is 6.12. The van der Waals surface area contributed by atoms with Gasteiger partial charge in [-0.3, -0.25) is 15.0 Å². The quantitative estimate of drug-likeness (QED) is 0.341. The highest BCUT2D eigenvalue weighted by atomic mass is 19.1. The van der Waals surface area contributed by atoms with Gasteiger partial charge in [-0.1, -0.05) is 0 Å². The van der Waals surface area contributed by atoms with E-state index in [2.05, 4.69) is 38.2 Å². The van der Waals surface area contributed by atoms with Crippen LogP contribution in [0.4, 0.5) is 8.78 Å². The Morgan fingerprint density at radius 2 is 1.89 bits per heavy atom. The average Bonchev–Trinajstić information content (AvgIpc) is 2.98. The summed E-state index contributed by atoms with van der Waals surface area (Å²) in [5.74, 6) is -0.794. The molecule has 0 saturated carbocycles.